The van der Waals surface area contributed by atoms with Gasteiger partial charge in [0.15, 0.2) is 0 Å². The number of benzene rings is 2. The number of aromatic nitrogens is 3. The van der Waals surface area contributed by atoms with Crippen LogP contribution in [0.25, 0.3) is 39.3 Å². The third kappa shape index (κ3) is 3.23. The first-order valence-electron chi connectivity index (χ1n) is 9.23. The fourth-order valence-electron chi connectivity index (χ4n) is 3.49. The van der Waals surface area contributed by atoms with E-state index in [2.05, 4.69) is 9.97 Å². The van der Waals surface area contributed by atoms with Crippen LogP contribution in [-0.2, 0) is 0 Å². The van der Waals surface area contributed by atoms with Crippen molar-refractivity contribution in [3.63, 3.8) is 0 Å². The Morgan fingerprint density at radius 2 is 1.59 bits per heavy atom. The third-order valence-electron chi connectivity index (χ3n) is 4.91. The second kappa shape index (κ2) is 6.87. The van der Waals surface area contributed by atoms with E-state index in [-0.39, 0.29) is 5.82 Å². The molecule has 0 radical (unpaired) electrons. The molecule has 0 saturated carbocycles. The molecule has 5 heteroatoms. The van der Waals surface area contributed by atoms with Crippen LogP contribution in [-0.4, -0.2) is 14.4 Å². The Bertz CT molecular complexity index is 1340. The quantitative estimate of drug-likeness (QED) is 0.423. The molecule has 29 heavy (non-hydrogen) atoms. The third-order valence-corrected chi connectivity index (χ3v) is 4.91. The monoisotopic (exact) mass is 380 g/mol. The van der Waals surface area contributed by atoms with E-state index < -0.39 is 0 Å². The molecule has 0 aliphatic carbocycles. The predicted octanol–water partition coefficient (Wildman–Crippen LogP) is 5.45. The molecule has 0 amide bonds. The molecule has 5 aromatic rings. The van der Waals surface area contributed by atoms with Gasteiger partial charge in [-0.2, -0.15) is 0 Å². The Balaban J connectivity index is 1.57. The van der Waals surface area contributed by atoms with Crippen LogP contribution in [0.15, 0.2) is 91.4 Å². The van der Waals surface area contributed by atoms with Gasteiger partial charge in [0.1, 0.15) is 11.5 Å². The summed E-state index contributed by atoms with van der Waals surface area (Å²) in [6, 6.07) is 22.2. The zero-order valence-electron chi connectivity index (χ0n) is 15.5. The van der Waals surface area contributed by atoms with Crippen molar-refractivity contribution in [1.82, 2.24) is 14.4 Å². The molecule has 5 rings (SSSR count). The fourth-order valence-corrected chi connectivity index (χ4v) is 3.49. The van der Waals surface area contributed by atoms with Gasteiger partial charge in [0.05, 0.1) is 17.6 Å². The second-order valence-corrected chi connectivity index (χ2v) is 6.85. The highest BCUT2D eigenvalue weighted by Gasteiger charge is 2.10. The second-order valence-electron chi connectivity index (χ2n) is 6.85. The van der Waals surface area contributed by atoms with Gasteiger partial charge in [0.25, 0.3) is 0 Å². The first kappa shape index (κ1) is 17.1. The van der Waals surface area contributed by atoms with Crippen molar-refractivity contribution in [3.8, 4) is 33.6 Å². The topological polar surface area (TPSA) is 56.2 Å². The Morgan fingerprint density at radius 1 is 0.759 bits per heavy atom. The van der Waals surface area contributed by atoms with E-state index >= 15 is 0 Å². The number of hydrogen-bond donors (Lipinski definition) is 1. The number of hydrogen-bond acceptors (Lipinski definition) is 3. The molecule has 0 aliphatic rings. The van der Waals surface area contributed by atoms with Gasteiger partial charge in [0.2, 0.25) is 0 Å². The summed E-state index contributed by atoms with van der Waals surface area (Å²) in [4.78, 5) is 8.97. The van der Waals surface area contributed by atoms with Gasteiger partial charge in [-0.05, 0) is 59.7 Å². The molecule has 0 spiro atoms. The molecule has 3 aromatic heterocycles. The van der Waals surface area contributed by atoms with Gasteiger partial charge in [0, 0.05) is 29.2 Å². The molecule has 0 atom stereocenters. The molecule has 0 bridgehead atoms. The molecule has 0 saturated heterocycles. The first-order valence-corrected chi connectivity index (χ1v) is 9.23. The summed E-state index contributed by atoms with van der Waals surface area (Å²) >= 11 is 0. The van der Waals surface area contributed by atoms with E-state index in [9.17, 15) is 4.39 Å². The zero-order chi connectivity index (χ0) is 19.8. The Morgan fingerprint density at radius 3 is 2.45 bits per heavy atom. The number of fused-ring (bicyclic) bond motifs is 1. The average molecular weight is 380 g/mol. The number of imidazole rings is 1. The number of rotatable bonds is 3. The van der Waals surface area contributed by atoms with E-state index in [1.54, 1.807) is 12.3 Å². The van der Waals surface area contributed by atoms with Gasteiger partial charge in [-0.15, -0.1) is 0 Å². The van der Waals surface area contributed by atoms with Crippen LogP contribution >= 0.6 is 0 Å². The largest absolute Gasteiger partial charge is 0.399 e. The summed E-state index contributed by atoms with van der Waals surface area (Å²) < 4.78 is 15.6. The maximum Gasteiger partial charge on any atom is 0.137 e. The lowest BCUT2D eigenvalue weighted by Gasteiger charge is -2.07. The fraction of sp³-hybridized carbons (Fsp3) is 0. The lowest BCUT2D eigenvalue weighted by atomic mass is 10.1. The predicted molar refractivity (Wildman–Crippen MR) is 114 cm³/mol. The summed E-state index contributed by atoms with van der Waals surface area (Å²) in [5.41, 5.74) is 12.9. The standard InChI is InChI=1S/C24H17FN4/c25-20-5-1-4-18(11-20)22-13-19(7-9-27-22)23-15-28-24-14-17(8-10-29(23)24)16-3-2-6-21(26)12-16/h1-15H,26H2. The minimum absolute atomic E-state index is 0.279. The lowest BCUT2D eigenvalue weighted by molar-refractivity contribution is 0.628. The zero-order valence-corrected chi connectivity index (χ0v) is 15.5. The number of anilines is 1. The molecule has 0 fully saturated rings. The molecule has 0 unspecified atom stereocenters. The van der Waals surface area contributed by atoms with Gasteiger partial charge in [-0.3, -0.25) is 9.38 Å². The van der Waals surface area contributed by atoms with Crippen LogP contribution in [0.4, 0.5) is 10.1 Å². The van der Waals surface area contributed by atoms with E-state index in [1.165, 1.54) is 12.1 Å². The summed E-state index contributed by atoms with van der Waals surface area (Å²) in [5.74, 6) is -0.279. The smallest absolute Gasteiger partial charge is 0.137 e. The van der Waals surface area contributed by atoms with E-state index in [4.69, 9.17) is 5.73 Å². The Kier molecular flexibility index (Phi) is 4.06. The van der Waals surface area contributed by atoms with Crippen LogP contribution in [0, 0.1) is 5.82 Å². The molecule has 4 nitrogen and oxygen atoms in total. The summed E-state index contributed by atoms with van der Waals surface area (Å²) in [5, 5.41) is 0. The molecular formula is C24H17FN4. The summed E-state index contributed by atoms with van der Waals surface area (Å²) in [6.07, 6.45) is 5.57. The van der Waals surface area contributed by atoms with E-state index in [0.29, 0.717) is 5.69 Å². The van der Waals surface area contributed by atoms with E-state index in [0.717, 1.165) is 39.3 Å². The number of nitrogens with two attached hydrogens (primary N) is 1. The van der Waals surface area contributed by atoms with Crippen LogP contribution in [0.1, 0.15) is 0 Å². The van der Waals surface area contributed by atoms with E-state index in [1.807, 2.05) is 71.4 Å². The number of halogens is 1. The first-order chi connectivity index (χ1) is 14.2. The summed E-state index contributed by atoms with van der Waals surface area (Å²) in [6.45, 7) is 0. The minimum atomic E-state index is -0.279. The van der Waals surface area contributed by atoms with Crippen molar-refractivity contribution in [2.75, 3.05) is 5.73 Å². The van der Waals surface area contributed by atoms with Crippen molar-refractivity contribution in [3.05, 3.63) is 97.2 Å². The van der Waals surface area contributed by atoms with Crippen molar-refractivity contribution < 1.29 is 4.39 Å². The molecular weight excluding hydrogens is 363 g/mol. The Labute approximate surface area is 167 Å². The highest BCUT2D eigenvalue weighted by Crippen LogP contribution is 2.28. The minimum Gasteiger partial charge on any atom is -0.399 e. The lowest BCUT2D eigenvalue weighted by Crippen LogP contribution is -1.91. The van der Waals surface area contributed by atoms with Crippen molar-refractivity contribution >= 4 is 11.3 Å². The van der Waals surface area contributed by atoms with Crippen molar-refractivity contribution in [1.29, 1.82) is 0 Å². The molecule has 2 aromatic carbocycles. The number of pyridine rings is 2. The maximum atomic E-state index is 13.6. The van der Waals surface area contributed by atoms with Gasteiger partial charge < -0.3 is 5.73 Å². The molecule has 3 heterocycles. The average Bonchev–Trinajstić information content (AvgIpc) is 3.17. The normalized spacial score (nSPS) is 11.1. The molecule has 0 aliphatic heterocycles. The van der Waals surface area contributed by atoms with Gasteiger partial charge >= 0.3 is 0 Å². The van der Waals surface area contributed by atoms with Crippen molar-refractivity contribution in [2.24, 2.45) is 0 Å². The molecule has 140 valence electrons. The maximum absolute atomic E-state index is 13.6. The van der Waals surface area contributed by atoms with Crippen LogP contribution < -0.4 is 5.73 Å². The van der Waals surface area contributed by atoms with Gasteiger partial charge in [-0.1, -0.05) is 24.3 Å². The highest BCUT2D eigenvalue weighted by atomic mass is 19.1. The van der Waals surface area contributed by atoms with Crippen LogP contribution in [0.5, 0.6) is 0 Å². The number of nitrogen functional groups attached to an aromatic ring is 1. The Hall–Kier alpha value is -3.99. The number of nitrogens with zero attached hydrogens (tertiary/aromatic N) is 3. The van der Waals surface area contributed by atoms with Crippen molar-refractivity contribution in [2.45, 2.75) is 0 Å². The van der Waals surface area contributed by atoms with Crippen LogP contribution in [0.3, 0.4) is 0 Å². The van der Waals surface area contributed by atoms with Gasteiger partial charge in [-0.25, -0.2) is 9.37 Å². The molecule has 2 N–H and O–H groups in total. The summed E-state index contributed by atoms with van der Waals surface area (Å²) in [7, 11) is 0. The van der Waals surface area contributed by atoms with Crippen LogP contribution in [0.2, 0.25) is 0 Å². The highest BCUT2D eigenvalue weighted by molar-refractivity contribution is 5.74. The SMILES string of the molecule is Nc1cccc(-c2ccn3c(-c4ccnc(-c5cccc(F)c5)c4)cnc3c2)c1.